The molecule has 0 saturated heterocycles. The van der Waals surface area contributed by atoms with E-state index in [1.165, 1.54) is 16.8 Å². The van der Waals surface area contributed by atoms with E-state index in [0.29, 0.717) is 24.7 Å². The molecule has 2 aliphatic heterocycles. The van der Waals surface area contributed by atoms with Gasteiger partial charge in [0.25, 0.3) is 5.91 Å². The predicted molar refractivity (Wildman–Crippen MR) is 115 cm³/mol. The average molecular weight is 395 g/mol. The topological polar surface area (TPSA) is 74.9 Å². The van der Waals surface area contributed by atoms with Gasteiger partial charge in [0.15, 0.2) is 0 Å². The third kappa shape index (κ3) is 3.66. The highest BCUT2D eigenvalue weighted by atomic mass is 16.2. The summed E-state index contributed by atoms with van der Waals surface area (Å²) >= 11 is 0. The molecule has 4 rings (SSSR count). The first-order valence-electron chi connectivity index (χ1n) is 10.4. The summed E-state index contributed by atoms with van der Waals surface area (Å²) < 4.78 is 1.85. The van der Waals surface area contributed by atoms with Crippen molar-refractivity contribution in [3.8, 4) is 0 Å². The number of allylic oxidation sites excluding steroid dienone is 1. The number of rotatable bonds is 5. The van der Waals surface area contributed by atoms with Gasteiger partial charge in [0.1, 0.15) is 5.71 Å². The molecule has 1 N–H and O–H groups in total. The number of aryl methyl sites for hydroxylation is 1. The first kappa shape index (κ1) is 19.6. The smallest absolute Gasteiger partial charge is 0.270 e. The summed E-state index contributed by atoms with van der Waals surface area (Å²) in [5, 5.41) is 16.6. The molecule has 1 fully saturated rings. The Morgan fingerprint density at radius 2 is 2.10 bits per heavy atom. The quantitative estimate of drug-likeness (QED) is 0.834. The summed E-state index contributed by atoms with van der Waals surface area (Å²) in [6, 6.07) is 0. The molecule has 2 unspecified atom stereocenters. The number of fused-ring (bicyclic) bond motifs is 1. The minimum Gasteiger partial charge on any atom is -0.365 e. The number of nitrogens with one attached hydrogen (secondary N) is 1. The van der Waals surface area contributed by atoms with Gasteiger partial charge < -0.3 is 10.2 Å². The molecular weight excluding hydrogens is 364 g/mol. The van der Waals surface area contributed by atoms with Crippen LogP contribution in [0.1, 0.15) is 51.3 Å². The minimum absolute atomic E-state index is 0.0434. The Kier molecular flexibility index (Phi) is 5.15. The Hall–Kier alpha value is -2.70. The molecule has 1 aromatic rings. The third-order valence-electron chi connectivity index (χ3n) is 6.40. The Morgan fingerprint density at radius 3 is 2.76 bits per heavy atom. The zero-order chi connectivity index (χ0) is 20.7. The van der Waals surface area contributed by atoms with Crippen molar-refractivity contribution in [2.75, 3.05) is 13.1 Å². The van der Waals surface area contributed by atoms with Crippen LogP contribution in [-0.2, 0) is 11.8 Å². The lowest BCUT2D eigenvalue weighted by Gasteiger charge is -2.30. The Bertz CT molecular complexity index is 964. The summed E-state index contributed by atoms with van der Waals surface area (Å²) in [5.74, 6) is 0.547. The molecule has 0 aromatic carbocycles. The van der Waals surface area contributed by atoms with Crippen LogP contribution in [0.4, 0.5) is 0 Å². The normalized spacial score (nSPS) is 24.2. The van der Waals surface area contributed by atoms with Crippen LogP contribution in [-0.4, -0.2) is 45.1 Å². The summed E-state index contributed by atoms with van der Waals surface area (Å²) in [6.45, 7) is 9.77. The molecule has 29 heavy (non-hydrogen) atoms. The number of nitrogens with zero attached hydrogens (tertiary/aromatic N) is 5. The number of carbonyl (C=O) groups excluding carboxylic acids is 1. The van der Waals surface area contributed by atoms with E-state index in [0.717, 1.165) is 36.2 Å². The summed E-state index contributed by atoms with van der Waals surface area (Å²) in [6.07, 6.45) is 6.76. The van der Waals surface area contributed by atoms with Crippen LogP contribution in [0.3, 0.4) is 0 Å². The zero-order valence-electron chi connectivity index (χ0n) is 18.0. The van der Waals surface area contributed by atoms with Crippen molar-refractivity contribution in [1.29, 1.82) is 0 Å². The molecule has 7 nitrogen and oxygen atoms in total. The van der Waals surface area contributed by atoms with Gasteiger partial charge in [-0.2, -0.15) is 10.2 Å². The maximum Gasteiger partial charge on any atom is 0.270 e. The summed E-state index contributed by atoms with van der Waals surface area (Å²) in [7, 11) is 1.93. The molecule has 0 bridgehead atoms. The highest BCUT2D eigenvalue weighted by molar-refractivity contribution is 6.41. The fourth-order valence-corrected chi connectivity index (χ4v) is 4.02. The monoisotopic (exact) mass is 394 g/mol. The van der Waals surface area contributed by atoms with Crippen LogP contribution in [0, 0.1) is 18.8 Å². The second-order valence-corrected chi connectivity index (χ2v) is 8.41. The van der Waals surface area contributed by atoms with Gasteiger partial charge in [0, 0.05) is 55.3 Å². The predicted octanol–water partition coefficient (Wildman–Crippen LogP) is 2.93. The van der Waals surface area contributed by atoms with Gasteiger partial charge in [-0.15, -0.1) is 5.10 Å². The molecular formula is C22H30N6O. The van der Waals surface area contributed by atoms with E-state index in [9.17, 15) is 4.79 Å². The minimum atomic E-state index is 0.0434. The maximum absolute atomic E-state index is 13.1. The Labute approximate surface area is 172 Å². The van der Waals surface area contributed by atoms with Crippen LogP contribution in [0.25, 0.3) is 0 Å². The van der Waals surface area contributed by atoms with Gasteiger partial charge in [0.05, 0.1) is 11.9 Å². The molecule has 0 radical (unpaired) electrons. The molecule has 154 valence electrons. The molecule has 3 heterocycles. The summed E-state index contributed by atoms with van der Waals surface area (Å²) in [4.78, 5) is 15.0. The van der Waals surface area contributed by atoms with Gasteiger partial charge >= 0.3 is 0 Å². The molecule has 1 amide bonds. The third-order valence-corrected chi connectivity index (χ3v) is 6.40. The van der Waals surface area contributed by atoms with E-state index in [1.807, 2.05) is 29.7 Å². The van der Waals surface area contributed by atoms with E-state index in [1.54, 1.807) is 0 Å². The molecule has 1 aromatic heterocycles. The molecule has 1 aliphatic carbocycles. The van der Waals surface area contributed by atoms with Crippen molar-refractivity contribution in [3.05, 3.63) is 40.5 Å². The lowest BCUT2D eigenvalue weighted by atomic mass is 10.0. The van der Waals surface area contributed by atoms with Crippen molar-refractivity contribution in [1.82, 2.24) is 20.0 Å². The van der Waals surface area contributed by atoms with E-state index >= 15 is 0 Å². The number of hydrogen-bond acceptors (Lipinski definition) is 5. The lowest BCUT2D eigenvalue weighted by Crippen LogP contribution is -2.43. The van der Waals surface area contributed by atoms with E-state index in [-0.39, 0.29) is 11.8 Å². The van der Waals surface area contributed by atoms with Gasteiger partial charge in [-0.05, 0) is 45.4 Å². The van der Waals surface area contributed by atoms with Crippen molar-refractivity contribution >= 4 is 17.3 Å². The molecule has 3 aliphatic rings. The zero-order valence-corrected chi connectivity index (χ0v) is 18.0. The number of amides is 1. The van der Waals surface area contributed by atoms with Gasteiger partial charge in [0.2, 0.25) is 0 Å². The number of aromatic nitrogens is 2. The number of hydrogen-bond donors (Lipinski definition) is 1. The van der Waals surface area contributed by atoms with Crippen LogP contribution < -0.4 is 5.32 Å². The highest BCUT2D eigenvalue weighted by Crippen LogP contribution is 2.45. The van der Waals surface area contributed by atoms with E-state index in [2.05, 4.69) is 47.6 Å². The second-order valence-electron chi connectivity index (χ2n) is 8.41. The van der Waals surface area contributed by atoms with Crippen LogP contribution in [0.15, 0.2) is 39.4 Å². The first-order chi connectivity index (χ1) is 13.9. The standard InChI is InChI=1S/C22H30N6O/c1-6-13(2)10-23-19-7-8-28(12-14(19)3)22(29)21-17-9-16(17)20(25-26-21)18-11-24-27(5)15(18)4/h10-11,16-17,23H,6-9,12H2,1-5H3. The number of carbonyl (C=O) groups is 1. The van der Waals surface area contributed by atoms with Crippen LogP contribution in [0.5, 0.6) is 0 Å². The van der Waals surface area contributed by atoms with E-state index in [4.69, 9.17) is 0 Å². The van der Waals surface area contributed by atoms with Crippen molar-refractivity contribution in [3.63, 3.8) is 0 Å². The van der Waals surface area contributed by atoms with Crippen LogP contribution in [0.2, 0.25) is 0 Å². The van der Waals surface area contributed by atoms with Gasteiger partial charge in [-0.3, -0.25) is 9.48 Å². The average Bonchev–Trinajstić information content (AvgIpc) is 3.46. The van der Waals surface area contributed by atoms with Crippen molar-refractivity contribution in [2.24, 2.45) is 29.1 Å². The SMILES string of the molecule is CCC(C)=CNC1=C(C)CN(C(=O)C2=NN=C(c3cnn(C)c3C)C3CC23)CC1. The fourth-order valence-electron chi connectivity index (χ4n) is 4.02. The van der Waals surface area contributed by atoms with E-state index < -0.39 is 0 Å². The van der Waals surface area contributed by atoms with Crippen LogP contribution >= 0.6 is 0 Å². The van der Waals surface area contributed by atoms with Crippen molar-refractivity contribution < 1.29 is 4.79 Å². The fraction of sp³-hybridized carbons (Fsp3) is 0.545. The molecule has 2 atom stereocenters. The molecule has 0 spiro atoms. The van der Waals surface area contributed by atoms with Crippen molar-refractivity contribution in [2.45, 2.75) is 47.0 Å². The summed E-state index contributed by atoms with van der Waals surface area (Å²) in [5.41, 5.74) is 7.51. The maximum atomic E-state index is 13.1. The largest absolute Gasteiger partial charge is 0.365 e. The molecule has 1 saturated carbocycles. The Morgan fingerprint density at radius 1 is 1.31 bits per heavy atom. The second kappa shape index (κ2) is 7.61. The highest BCUT2D eigenvalue weighted by Gasteiger charge is 2.50. The lowest BCUT2D eigenvalue weighted by molar-refractivity contribution is -0.124. The Balaban J connectivity index is 1.47. The van der Waals surface area contributed by atoms with Gasteiger partial charge in [-0.25, -0.2) is 0 Å². The molecule has 7 heteroatoms. The van der Waals surface area contributed by atoms with Gasteiger partial charge in [-0.1, -0.05) is 12.5 Å². The first-order valence-corrected chi connectivity index (χ1v) is 10.4.